The average molecular weight is 453 g/mol. The molecule has 1 aliphatic carbocycles. The molecule has 0 bridgehead atoms. The van der Waals surface area contributed by atoms with Crippen molar-refractivity contribution in [2.75, 3.05) is 44.2 Å². The molecule has 6 heteroatoms. The van der Waals surface area contributed by atoms with Crippen molar-refractivity contribution >= 4 is 22.5 Å². The molecule has 1 aromatic carbocycles. The summed E-state index contributed by atoms with van der Waals surface area (Å²) in [4.78, 5) is 24.1. The van der Waals surface area contributed by atoms with Crippen LogP contribution in [0.15, 0.2) is 24.4 Å². The first-order valence-electron chi connectivity index (χ1n) is 12.8. The Morgan fingerprint density at radius 2 is 1.76 bits per heavy atom. The lowest BCUT2D eigenvalue weighted by atomic mass is 9.74. The fourth-order valence-electron chi connectivity index (χ4n) is 5.80. The molecule has 0 atom stereocenters. The highest BCUT2D eigenvalue weighted by atomic mass is 19.1. The van der Waals surface area contributed by atoms with Crippen molar-refractivity contribution in [2.45, 2.75) is 58.9 Å². The molecule has 5 rings (SSSR count). The van der Waals surface area contributed by atoms with Gasteiger partial charge in [-0.3, -0.25) is 14.7 Å². The van der Waals surface area contributed by atoms with Gasteiger partial charge in [-0.2, -0.15) is 0 Å². The minimum atomic E-state index is -0.205. The lowest BCUT2D eigenvalue weighted by Crippen LogP contribution is -2.49. The molecule has 33 heavy (non-hydrogen) atoms. The number of amides is 1. The second kappa shape index (κ2) is 9.21. The van der Waals surface area contributed by atoms with Crippen molar-refractivity contribution in [3.05, 3.63) is 35.8 Å². The molecule has 0 spiro atoms. The van der Waals surface area contributed by atoms with Crippen molar-refractivity contribution in [1.29, 1.82) is 0 Å². The summed E-state index contributed by atoms with van der Waals surface area (Å²) in [6.07, 6.45) is 8.93. The Hall–Kier alpha value is -2.21. The van der Waals surface area contributed by atoms with Crippen LogP contribution in [0.1, 0.15) is 57.9 Å². The Bertz CT molecular complexity index is 999. The molecule has 2 aromatic rings. The quantitative estimate of drug-likeness (QED) is 0.629. The molecule has 0 unspecified atom stereocenters. The van der Waals surface area contributed by atoms with Crippen LogP contribution in [0.3, 0.4) is 0 Å². The molecule has 0 radical (unpaired) electrons. The van der Waals surface area contributed by atoms with E-state index in [0.29, 0.717) is 17.2 Å². The zero-order valence-corrected chi connectivity index (χ0v) is 20.2. The van der Waals surface area contributed by atoms with E-state index in [1.54, 1.807) is 12.1 Å². The zero-order chi connectivity index (χ0) is 23.0. The standard InChI is InChI=1S/C27H37FN4O/c1-3-27(4-2)9-11-31(12-10-27)25-21(18-29-24-8-7-22(28)17-23(24)25)19-30-13-15-32(16-14-30)26(33)20-5-6-20/h7-8,17-18,20H,3-6,9-16,19H2,1-2H3. The summed E-state index contributed by atoms with van der Waals surface area (Å²) in [5.74, 6) is 0.436. The second-order valence-electron chi connectivity index (χ2n) is 10.4. The molecule has 178 valence electrons. The van der Waals surface area contributed by atoms with Crippen molar-refractivity contribution in [2.24, 2.45) is 11.3 Å². The number of benzene rings is 1. The number of carbonyl (C=O) groups is 1. The fraction of sp³-hybridized carbons (Fsp3) is 0.630. The first-order chi connectivity index (χ1) is 16.0. The van der Waals surface area contributed by atoms with E-state index < -0.39 is 0 Å². The third-order valence-electron chi connectivity index (χ3n) is 8.52. The maximum Gasteiger partial charge on any atom is 0.225 e. The van der Waals surface area contributed by atoms with E-state index in [4.69, 9.17) is 4.98 Å². The van der Waals surface area contributed by atoms with Crippen LogP contribution < -0.4 is 4.90 Å². The molecule has 1 aromatic heterocycles. The number of piperazine rings is 1. The van der Waals surface area contributed by atoms with Gasteiger partial charge >= 0.3 is 0 Å². The predicted molar refractivity (Wildman–Crippen MR) is 131 cm³/mol. The molecule has 2 aliphatic heterocycles. The van der Waals surface area contributed by atoms with Gasteiger partial charge in [0, 0.05) is 68.9 Å². The van der Waals surface area contributed by atoms with Gasteiger partial charge in [0.2, 0.25) is 5.91 Å². The number of hydrogen-bond acceptors (Lipinski definition) is 4. The van der Waals surface area contributed by atoms with Gasteiger partial charge in [-0.05, 0) is 49.3 Å². The third kappa shape index (κ3) is 4.59. The van der Waals surface area contributed by atoms with Crippen molar-refractivity contribution < 1.29 is 9.18 Å². The minimum absolute atomic E-state index is 0.205. The zero-order valence-electron chi connectivity index (χ0n) is 20.2. The first kappa shape index (κ1) is 22.6. The van der Waals surface area contributed by atoms with Crippen molar-refractivity contribution in [3.8, 4) is 0 Å². The Kier molecular flexibility index (Phi) is 6.30. The van der Waals surface area contributed by atoms with Gasteiger partial charge in [0.15, 0.2) is 0 Å². The summed E-state index contributed by atoms with van der Waals surface area (Å²) in [6.45, 7) is 10.8. The Morgan fingerprint density at radius 1 is 1.06 bits per heavy atom. The molecular formula is C27H37FN4O. The highest BCUT2D eigenvalue weighted by molar-refractivity contribution is 5.93. The summed E-state index contributed by atoms with van der Waals surface area (Å²) in [6, 6.07) is 4.96. The van der Waals surface area contributed by atoms with E-state index in [1.807, 2.05) is 11.1 Å². The molecule has 1 saturated carbocycles. The van der Waals surface area contributed by atoms with Crippen LogP contribution in [-0.4, -0.2) is 60.0 Å². The van der Waals surface area contributed by atoms with E-state index in [1.165, 1.54) is 37.3 Å². The average Bonchev–Trinajstić information content (AvgIpc) is 3.70. The van der Waals surface area contributed by atoms with Gasteiger partial charge in [-0.25, -0.2) is 4.39 Å². The second-order valence-corrected chi connectivity index (χ2v) is 10.4. The van der Waals surface area contributed by atoms with Crippen LogP contribution in [0.25, 0.3) is 10.9 Å². The van der Waals surface area contributed by atoms with Gasteiger partial charge in [0.25, 0.3) is 0 Å². The monoisotopic (exact) mass is 452 g/mol. The Balaban J connectivity index is 1.38. The molecule has 3 heterocycles. The van der Waals surface area contributed by atoms with Crippen LogP contribution in [0, 0.1) is 17.2 Å². The number of rotatable bonds is 6. The molecule has 1 amide bonds. The largest absolute Gasteiger partial charge is 0.371 e. The normalized spacial score (nSPS) is 21.5. The lowest BCUT2D eigenvalue weighted by molar-refractivity contribution is -0.134. The summed E-state index contributed by atoms with van der Waals surface area (Å²) >= 11 is 0. The van der Waals surface area contributed by atoms with Gasteiger partial charge in [0.05, 0.1) is 11.2 Å². The van der Waals surface area contributed by atoms with Gasteiger partial charge in [-0.15, -0.1) is 0 Å². The molecule has 3 aliphatic rings. The highest BCUT2D eigenvalue weighted by Gasteiger charge is 2.35. The topological polar surface area (TPSA) is 39.7 Å². The first-order valence-corrected chi connectivity index (χ1v) is 12.8. The SMILES string of the molecule is CCC1(CC)CCN(c2c(CN3CCN(C(=O)C4CC4)CC3)cnc3ccc(F)cc23)CC1. The van der Waals surface area contributed by atoms with Crippen LogP contribution in [0.2, 0.25) is 0 Å². The maximum absolute atomic E-state index is 14.3. The van der Waals surface area contributed by atoms with E-state index in [0.717, 1.165) is 75.2 Å². The minimum Gasteiger partial charge on any atom is -0.371 e. The van der Waals surface area contributed by atoms with E-state index in [-0.39, 0.29) is 5.82 Å². The number of halogens is 1. The number of fused-ring (bicyclic) bond motifs is 1. The number of anilines is 1. The third-order valence-corrected chi connectivity index (χ3v) is 8.52. The number of hydrogen-bond donors (Lipinski definition) is 0. The Morgan fingerprint density at radius 3 is 2.39 bits per heavy atom. The van der Waals surface area contributed by atoms with E-state index in [9.17, 15) is 9.18 Å². The van der Waals surface area contributed by atoms with Crippen LogP contribution in [-0.2, 0) is 11.3 Å². The molecule has 2 saturated heterocycles. The van der Waals surface area contributed by atoms with Crippen molar-refractivity contribution in [1.82, 2.24) is 14.8 Å². The molecule has 3 fully saturated rings. The van der Waals surface area contributed by atoms with Gasteiger partial charge in [0.1, 0.15) is 5.82 Å². The van der Waals surface area contributed by atoms with Crippen molar-refractivity contribution in [3.63, 3.8) is 0 Å². The number of nitrogens with zero attached hydrogens (tertiary/aromatic N) is 4. The summed E-state index contributed by atoms with van der Waals surface area (Å²) < 4.78 is 14.3. The highest BCUT2D eigenvalue weighted by Crippen LogP contribution is 2.41. The number of pyridine rings is 1. The van der Waals surface area contributed by atoms with Gasteiger partial charge < -0.3 is 9.80 Å². The number of aromatic nitrogens is 1. The van der Waals surface area contributed by atoms with Crippen LogP contribution in [0.4, 0.5) is 10.1 Å². The predicted octanol–water partition coefficient (Wildman–Crippen LogP) is 4.83. The van der Waals surface area contributed by atoms with E-state index in [2.05, 4.69) is 23.6 Å². The summed E-state index contributed by atoms with van der Waals surface area (Å²) in [7, 11) is 0. The van der Waals surface area contributed by atoms with Crippen LogP contribution >= 0.6 is 0 Å². The Labute approximate surface area is 196 Å². The smallest absolute Gasteiger partial charge is 0.225 e. The summed E-state index contributed by atoms with van der Waals surface area (Å²) in [5, 5.41) is 0.926. The van der Waals surface area contributed by atoms with E-state index >= 15 is 0 Å². The fourth-order valence-corrected chi connectivity index (χ4v) is 5.80. The molecule has 5 nitrogen and oxygen atoms in total. The number of piperidine rings is 1. The van der Waals surface area contributed by atoms with Gasteiger partial charge in [-0.1, -0.05) is 26.7 Å². The summed E-state index contributed by atoms with van der Waals surface area (Å²) in [5.41, 5.74) is 3.64. The van der Waals surface area contributed by atoms with Crippen LogP contribution in [0.5, 0.6) is 0 Å². The molecular weight excluding hydrogens is 415 g/mol. The lowest BCUT2D eigenvalue weighted by Gasteiger charge is -2.43. The number of carbonyl (C=O) groups excluding carboxylic acids is 1. The molecule has 0 N–H and O–H groups in total. The maximum atomic E-state index is 14.3.